The Labute approximate surface area is 220 Å². The molecular weight excluding hydrogens is 490 g/mol. The first-order chi connectivity index (χ1) is 17.8. The molecule has 37 heavy (non-hydrogen) atoms. The third kappa shape index (κ3) is 7.07. The van der Waals surface area contributed by atoms with Gasteiger partial charge in [0.1, 0.15) is 0 Å². The molecule has 0 saturated carbocycles. The monoisotopic (exact) mass is 531 g/mol. The molecule has 2 aromatic carbocycles. The van der Waals surface area contributed by atoms with Crippen molar-refractivity contribution in [3.05, 3.63) is 53.1 Å². The van der Waals surface area contributed by atoms with E-state index >= 15 is 0 Å². The van der Waals surface area contributed by atoms with E-state index in [1.807, 2.05) is 38.1 Å². The number of piperidine rings is 1. The molecule has 2 fully saturated rings. The Balaban J connectivity index is 0.00000186. The number of amidine groups is 1. The fourth-order valence-corrected chi connectivity index (χ4v) is 6.07. The average molecular weight is 532 g/mol. The van der Waals surface area contributed by atoms with Gasteiger partial charge in [0.2, 0.25) is 10.0 Å². The van der Waals surface area contributed by atoms with E-state index in [0.717, 1.165) is 44.6 Å². The van der Waals surface area contributed by atoms with E-state index in [9.17, 15) is 13.5 Å². The highest BCUT2D eigenvalue weighted by Gasteiger charge is 2.28. The van der Waals surface area contributed by atoms with Gasteiger partial charge in [-0.05, 0) is 60.5 Å². The van der Waals surface area contributed by atoms with Gasteiger partial charge in [-0.1, -0.05) is 50.2 Å². The highest BCUT2D eigenvalue weighted by Crippen LogP contribution is 2.34. The SMILES string of the molecule is CC.NN/N=C(\N)c1c(-c2ccc(C3CNC3)cc2)ccc(CC2CCN(CCO)CC2)c1S(N)(=O)=O. The Kier molecular flexibility index (Phi) is 10.4. The Hall–Kier alpha value is -2.54. The van der Waals surface area contributed by atoms with Crippen molar-refractivity contribution in [3.63, 3.8) is 0 Å². The molecule has 0 aromatic heterocycles. The van der Waals surface area contributed by atoms with Gasteiger partial charge in [-0.3, -0.25) is 0 Å². The number of hydrazine groups is 1. The van der Waals surface area contributed by atoms with Crippen molar-refractivity contribution >= 4 is 15.9 Å². The number of aliphatic hydroxyl groups excluding tert-OH is 1. The maximum Gasteiger partial charge on any atom is 0.239 e. The Morgan fingerprint density at radius 1 is 1.14 bits per heavy atom. The van der Waals surface area contributed by atoms with Crippen LogP contribution in [0.5, 0.6) is 0 Å². The third-order valence-corrected chi connectivity index (χ3v) is 8.11. The third-order valence-electron chi connectivity index (χ3n) is 7.07. The average Bonchev–Trinajstić information content (AvgIpc) is 2.85. The minimum atomic E-state index is -4.13. The van der Waals surface area contributed by atoms with Crippen LogP contribution in [0.3, 0.4) is 0 Å². The summed E-state index contributed by atoms with van der Waals surface area (Å²) < 4.78 is 25.8. The predicted octanol–water partition coefficient (Wildman–Crippen LogP) is 1.04. The molecule has 0 bridgehead atoms. The maximum absolute atomic E-state index is 12.9. The second kappa shape index (κ2) is 13.3. The second-order valence-electron chi connectivity index (χ2n) is 9.34. The van der Waals surface area contributed by atoms with Gasteiger partial charge in [0.05, 0.1) is 11.5 Å². The number of β-amino-alcohol motifs (C(OH)–C–C–N with tert-alkyl or cyclic N) is 1. The van der Waals surface area contributed by atoms with E-state index in [1.165, 1.54) is 5.56 Å². The van der Waals surface area contributed by atoms with Crippen LogP contribution in [0.4, 0.5) is 0 Å². The molecule has 0 radical (unpaired) electrons. The number of nitrogens with one attached hydrogen (secondary N) is 2. The van der Waals surface area contributed by atoms with Gasteiger partial charge < -0.3 is 21.1 Å². The number of nitrogens with two attached hydrogens (primary N) is 3. The van der Waals surface area contributed by atoms with Crippen LogP contribution >= 0.6 is 0 Å². The minimum Gasteiger partial charge on any atom is -0.395 e. The fraction of sp³-hybridized carbons (Fsp3) is 0.500. The van der Waals surface area contributed by atoms with Gasteiger partial charge in [0.15, 0.2) is 5.84 Å². The van der Waals surface area contributed by atoms with Crippen molar-refractivity contribution in [2.75, 3.05) is 39.3 Å². The van der Waals surface area contributed by atoms with Gasteiger partial charge in [0, 0.05) is 31.1 Å². The van der Waals surface area contributed by atoms with Crippen LogP contribution in [0.25, 0.3) is 11.1 Å². The van der Waals surface area contributed by atoms with Crippen LogP contribution in [0.15, 0.2) is 46.4 Å². The molecule has 204 valence electrons. The Morgan fingerprint density at radius 3 is 2.30 bits per heavy atom. The summed E-state index contributed by atoms with van der Waals surface area (Å²) in [5.74, 6) is 6.13. The molecule has 2 saturated heterocycles. The first-order valence-electron chi connectivity index (χ1n) is 12.9. The molecule has 0 unspecified atom stereocenters. The summed E-state index contributed by atoms with van der Waals surface area (Å²) in [6.07, 6.45) is 2.38. The lowest BCUT2D eigenvalue weighted by Crippen LogP contribution is -2.39. The number of likely N-dealkylation sites (tertiary alicyclic amines) is 1. The van der Waals surface area contributed by atoms with E-state index in [-0.39, 0.29) is 22.9 Å². The molecule has 2 aromatic rings. The van der Waals surface area contributed by atoms with Crippen LogP contribution in [0.2, 0.25) is 0 Å². The number of benzene rings is 2. The molecule has 11 heteroatoms. The summed E-state index contributed by atoms with van der Waals surface area (Å²) in [5, 5.41) is 22.1. The number of hydrogen-bond acceptors (Lipinski definition) is 8. The minimum absolute atomic E-state index is 0.00319. The van der Waals surface area contributed by atoms with Crippen molar-refractivity contribution < 1.29 is 13.5 Å². The van der Waals surface area contributed by atoms with Crippen molar-refractivity contribution in [2.45, 2.75) is 43.9 Å². The molecule has 10 nitrogen and oxygen atoms in total. The van der Waals surface area contributed by atoms with Gasteiger partial charge >= 0.3 is 0 Å². The molecule has 0 spiro atoms. The zero-order valence-electron chi connectivity index (χ0n) is 21.8. The number of sulfonamides is 1. The molecular formula is C26H41N7O3S. The number of nitrogens with zero attached hydrogens (tertiary/aromatic N) is 2. The highest BCUT2D eigenvalue weighted by atomic mass is 32.2. The molecule has 0 atom stereocenters. The van der Waals surface area contributed by atoms with Gasteiger partial charge in [-0.25, -0.2) is 24.9 Å². The largest absolute Gasteiger partial charge is 0.395 e. The lowest BCUT2D eigenvalue weighted by atomic mass is 9.87. The quantitative estimate of drug-likeness (QED) is 0.121. The summed E-state index contributed by atoms with van der Waals surface area (Å²) >= 11 is 0. The Morgan fingerprint density at radius 2 is 1.78 bits per heavy atom. The van der Waals surface area contributed by atoms with E-state index in [2.05, 4.69) is 33.0 Å². The predicted molar refractivity (Wildman–Crippen MR) is 148 cm³/mol. The summed E-state index contributed by atoms with van der Waals surface area (Å²) in [5.41, 5.74) is 12.0. The number of aliphatic hydroxyl groups is 1. The van der Waals surface area contributed by atoms with Gasteiger partial charge in [0.25, 0.3) is 0 Å². The lowest BCUT2D eigenvalue weighted by molar-refractivity contribution is 0.147. The maximum atomic E-state index is 12.9. The highest BCUT2D eigenvalue weighted by molar-refractivity contribution is 7.89. The standard InChI is InChI=1S/C24H35N7O3S.C2H6/c25-24(29-30-26)22-21(18-3-1-17(2-4-18)20-14-28-15-20)6-5-19(23(22)35(27,33)34)13-16-7-9-31(10-8-16)11-12-32;1-2/h1-6,16,20,28,30,32H,7-15,26H2,(H2,25,29)(H2,27,33,34);1-2H3. The van der Waals surface area contributed by atoms with E-state index in [0.29, 0.717) is 35.9 Å². The fourth-order valence-electron chi connectivity index (χ4n) is 5.06. The van der Waals surface area contributed by atoms with Gasteiger partial charge in [-0.2, -0.15) is 0 Å². The lowest BCUT2D eigenvalue weighted by Gasteiger charge is -2.32. The molecule has 2 aliphatic heterocycles. The zero-order chi connectivity index (χ0) is 27.0. The number of hydrogen-bond donors (Lipinski definition) is 6. The van der Waals surface area contributed by atoms with Crippen LogP contribution in [0.1, 0.15) is 49.3 Å². The summed E-state index contributed by atoms with van der Waals surface area (Å²) in [7, 11) is -4.13. The normalized spacial score (nSPS) is 17.6. The Bertz CT molecular complexity index is 1160. The first-order valence-corrected chi connectivity index (χ1v) is 14.5. The van der Waals surface area contributed by atoms with E-state index < -0.39 is 10.0 Å². The summed E-state index contributed by atoms with van der Waals surface area (Å²) in [6.45, 7) is 8.43. The molecule has 0 aliphatic carbocycles. The zero-order valence-corrected chi connectivity index (χ0v) is 22.6. The van der Waals surface area contributed by atoms with E-state index in [1.54, 1.807) is 0 Å². The number of rotatable bonds is 9. The number of primary sulfonamides is 1. The van der Waals surface area contributed by atoms with Gasteiger partial charge in [-0.15, -0.1) is 5.10 Å². The van der Waals surface area contributed by atoms with Crippen LogP contribution in [-0.4, -0.2) is 63.6 Å². The summed E-state index contributed by atoms with van der Waals surface area (Å²) in [4.78, 5) is 2.21. The second-order valence-corrected chi connectivity index (χ2v) is 10.8. The summed E-state index contributed by atoms with van der Waals surface area (Å²) in [6, 6.07) is 11.8. The number of hydrazone groups is 1. The molecule has 2 heterocycles. The van der Waals surface area contributed by atoms with Crippen molar-refractivity contribution in [1.29, 1.82) is 0 Å². The van der Waals surface area contributed by atoms with Crippen molar-refractivity contribution in [1.82, 2.24) is 15.8 Å². The van der Waals surface area contributed by atoms with E-state index in [4.69, 9.17) is 16.7 Å². The topological polar surface area (TPSA) is 172 Å². The molecule has 9 N–H and O–H groups in total. The van der Waals surface area contributed by atoms with Crippen molar-refractivity contribution in [3.8, 4) is 11.1 Å². The molecule has 4 rings (SSSR count). The molecule has 2 aliphatic rings. The molecule has 0 amide bonds. The van der Waals surface area contributed by atoms with Crippen LogP contribution < -0.4 is 27.6 Å². The van der Waals surface area contributed by atoms with Crippen LogP contribution in [0, 0.1) is 5.92 Å². The van der Waals surface area contributed by atoms with Crippen LogP contribution in [-0.2, 0) is 16.4 Å². The smallest absolute Gasteiger partial charge is 0.239 e. The first kappa shape index (κ1) is 29.0. The van der Waals surface area contributed by atoms with Crippen molar-refractivity contribution in [2.24, 2.45) is 27.7 Å².